The van der Waals surface area contributed by atoms with Gasteiger partial charge < -0.3 is 4.74 Å². The Balaban J connectivity index is 2.01. The summed E-state index contributed by atoms with van der Waals surface area (Å²) < 4.78 is 43.1. The van der Waals surface area contributed by atoms with Crippen molar-refractivity contribution in [2.24, 2.45) is 5.92 Å². The molecule has 1 unspecified atom stereocenters. The molecule has 0 bridgehead atoms. The third kappa shape index (κ3) is 3.13. The molecule has 0 fully saturated rings. The van der Waals surface area contributed by atoms with Gasteiger partial charge >= 0.3 is 12.1 Å². The molecule has 0 aliphatic heterocycles. The molecule has 0 saturated heterocycles. The molecule has 0 N–H and O–H groups in total. The second-order valence-corrected chi connectivity index (χ2v) is 5.83. The van der Waals surface area contributed by atoms with Gasteiger partial charge in [0.05, 0.1) is 24.1 Å². The van der Waals surface area contributed by atoms with Crippen LogP contribution in [0.1, 0.15) is 35.2 Å². The Morgan fingerprint density at radius 2 is 2.12 bits per heavy atom. The fourth-order valence-electron chi connectivity index (χ4n) is 3.03. The van der Waals surface area contributed by atoms with E-state index in [1.165, 1.54) is 13.3 Å². The van der Waals surface area contributed by atoms with Crippen LogP contribution in [0.25, 0.3) is 16.5 Å². The number of rotatable bonds is 2. The number of nitrogens with zero attached hydrogens (tertiary/aromatic N) is 1. The van der Waals surface area contributed by atoms with Gasteiger partial charge in [-0.3, -0.25) is 4.98 Å². The monoisotopic (exact) mass is 335 g/mol. The third-order valence-corrected chi connectivity index (χ3v) is 4.37. The lowest BCUT2D eigenvalue weighted by Gasteiger charge is -2.24. The number of ether oxygens (including phenoxy) is 1. The Kier molecular flexibility index (Phi) is 4.30. The summed E-state index contributed by atoms with van der Waals surface area (Å²) in [6.45, 7) is 0. The average Bonchev–Trinajstić information content (AvgIpc) is 2.59. The van der Waals surface area contributed by atoms with Crippen molar-refractivity contribution in [1.82, 2.24) is 4.98 Å². The van der Waals surface area contributed by atoms with E-state index in [-0.39, 0.29) is 12.8 Å². The number of esters is 1. The SMILES string of the molecule is COC(=O)c1cnc2cccc(C3=CCC(C(F)(F)F)CC3)c2c1. The number of aromatic nitrogens is 1. The highest BCUT2D eigenvalue weighted by molar-refractivity contribution is 5.97. The molecular weight excluding hydrogens is 319 g/mol. The first-order valence-corrected chi connectivity index (χ1v) is 7.63. The van der Waals surface area contributed by atoms with Crippen molar-refractivity contribution in [3.8, 4) is 0 Å². The summed E-state index contributed by atoms with van der Waals surface area (Å²) in [6, 6.07) is 7.16. The molecule has 1 atom stereocenters. The maximum absolute atomic E-state index is 12.8. The summed E-state index contributed by atoms with van der Waals surface area (Å²) in [7, 11) is 1.29. The topological polar surface area (TPSA) is 39.2 Å². The summed E-state index contributed by atoms with van der Waals surface area (Å²) in [4.78, 5) is 15.9. The minimum Gasteiger partial charge on any atom is -0.465 e. The maximum Gasteiger partial charge on any atom is 0.392 e. The zero-order valence-electron chi connectivity index (χ0n) is 13.1. The van der Waals surface area contributed by atoms with Crippen LogP contribution in [0.3, 0.4) is 0 Å². The normalized spacial score (nSPS) is 18.3. The highest BCUT2D eigenvalue weighted by Crippen LogP contribution is 2.40. The summed E-state index contributed by atoms with van der Waals surface area (Å²) in [5, 5.41) is 0.747. The van der Waals surface area contributed by atoms with E-state index in [4.69, 9.17) is 4.74 Å². The van der Waals surface area contributed by atoms with E-state index in [9.17, 15) is 18.0 Å². The summed E-state index contributed by atoms with van der Waals surface area (Å²) >= 11 is 0. The van der Waals surface area contributed by atoms with Crippen LogP contribution in [0, 0.1) is 5.92 Å². The molecule has 0 radical (unpaired) electrons. The number of pyridine rings is 1. The first kappa shape index (κ1) is 16.5. The molecule has 0 saturated carbocycles. The lowest BCUT2D eigenvalue weighted by atomic mass is 9.85. The van der Waals surface area contributed by atoms with Crippen LogP contribution in [0.15, 0.2) is 36.5 Å². The van der Waals surface area contributed by atoms with Crippen molar-refractivity contribution < 1.29 is 22.7 Å². The zero-order valence-corrected chi connectivity index (χ0v) is 13.1. The second-order valence-electron chi connectivity index (χ2n) is 5.83. The Morgan fingerprint density at radius 1 is 1.33 bits per heavy atom. The molecule has 0 spiro atoms. The van der Waals surface area contributed by atoms with Gasteiger partial charge in [0.25, 0.3) is 0 Å². The van der Waals surface area contributed by atoms with Gasteiger partial charge in [-0.05, 0) is 42.5 Å². The van der Waals surface area contributed by atoms with Crippen molar-refractivity contribution in [2.75, 3.05) is 7.11 Å². The van der Waals surface area contributed by atoms with Gasteiger partial charge in [0.15, 0.2) is 0 Å². The molecule has 0 amide bonds. The van der Waals surface area contributed by atoms with Gasteiger partial charge in [-0.25, -0.2) is 4.79 Å². The average molecular weight is 335 g/mol. The highest BCUT2D eigenvalue weighted by atomic mass is 19.4. The van der Waals surface area contributed by atoms with Gasteiger partial charge in [-0.2, -0.15) is 13.2 Å². The van der Waals surface area contributed by atoms with E-state index >= 15 is 0 Å². The number of carbonyl (C=O) groups is 1. The van der Waals surface area contributed by atoms with Gasteiger partial charge in [0, 0.05) is 11.6 Å². The molecule has 1 aliphatic carbocycles. The van der Waals surface area contributed by atoms with Gasteiger partial charge in [-0.1, -0.05) is 18.2 Å². The van der Waals surface area contributed by atoms with Crippen molar-refractivity contribution in [1.29, 1.82) is 0 Å². The smallest absolute Gasteiger partial charge is 0.392 e. The lowest BCUT2D eigenvalue weighted by Crippen LogP contribution is -2.24. The maximum atomic E-state index is 12.8. The van der Waals surface area contributed by atoms with Gasteiger partial charge in [0.1, 0.15) is 0 Å². The quantitative estimate of drug-likeness (QED) is 0.742. The molecule has 6 heteroatoms. The zero-order chi connectivity index (χ0) is 17.3. The number of allylic oxidation sites excluding steroid dienone is 2. The first-order chi connectivity index (χ1) is 11.4. The number of halogens is 3. The van der Waals surface area contributed by atoms with Crippen LogP contribution in [0.2, 0.25) is 0 Å². The minimum atomic E-state index is -4.15. The van der Waals surface area contributed by atoms with Gasteiger partial charge in [0.2, 0.25) is 0 Å². The predicted octanol–water partition coefficient (Wildman–Crippen LogP) is 4.77. The van der Waals surface area contributed by atoms with Crippen molar-refractivity contribution in [3.05, 3.63) is 47.7 Å². The van der Waals surface area contributed by atoms with Crippen LogP contribution < -0.4 is 0 Å². The van der Waals surface area contributed by atoms with E-state index in [2.05, 4.69) is 4.98 Å². The van der Waals surface area contributed by atoms with Crippen molar-refractivity contribution >= 4 is 22.4 Å². The molecule has 24 heavy (non-hydrogen) atoms. The number of benzene rings is 1. The second kappa shape index (κ2) is 6.26. The summed E-state index contributed by atoms with van der Waals surface area (Å²) in [6.07, 6.45) is -0.643. The molecule has 2 aromatic rings. The summed E-state index contributed by atoms with van der Waals surface area (Å²) in [5.41, 5.74) is 2.71. The molecule has 3 rings (SSSR count). The molecule has 1 aromatic heterocycles. The third-order valence-electron chi connectivity index (χ3n) is 4.37. The van der Waals surface area contributed by atoms with Crippen molar-refractivity contribution in [2.45, 2.75) is 25.4 Å². The number of fused-ring (bicyclic) bond motifs is 1. The van der Waals surface area contributed by atoms with E-state index < -0.39 is 18.1 Å². The molecule has 126 valence electrons. The number of carbonyl (C=O) groups excluding carboxylic acids is 1. The minimum absolute atomic E-state index is 0.0145. The van der Waals surface area contributed by atoms with Crippen LogP contribution in [0.5, 0.6) is 0 Å². The standard InChI is InChI=1S/C18H16F3NO2/c1-24-17(23)12-9-15-14(3-2-4-16(15)22-10-12)11-5-7-13(8-6-11)18(19,20)21/h2-5,9-10,13H,6-8H2,1H3. The lowest BCUT2D eigenvalue weighted by molar-refractivity contribution is -0.175. The van der Waals surface area contributed by atoms with Crippen LogP contribution in [-0.2, 0) is 4.74 Å². The molecule has 1 heterocycles. The van der Waals surface area contributed by atoms with Crippen LogP contribution in [0.4, 0.5) is 13.2 Å². The Labute approximate surface area is 137 Å². The van der Waals surface area contributed by atoms with Crippen molar-refractivity contribution in [3.63, 3.8) is 0 Å². The number of hydrogen-bond donors (Lipinski definition) is 0. The van der Waals surface area contributed by atoms with E-state index in [0.717, 1.165) is 16.5 Å². The Hall–Kier alpha value is -2.37. The predicted molar refractivity (Wildman–Crippen MR) is 84.5 cm³/mol. The Morgan fingerprint density at radius 3 is 2.75 bits per heavy atom. The molecule has 1 aromatic carbocycles. The number of methoxy groups -OCH3 is 1. The number of hydrogen-bond acceptors (Lipinski definition) is 3. The molecule has 1 aliphatic rings. The highest BCUT2D eigenvalue weighted by Gasteiger charge is 2.39. The molecular formula is C18H16F3NO2. The summed E-state index contributed by atoms with van der Waals surface area (Å²) in [5.74, 6) is -1.77. The van der Waals surface area contributed by atoms with E-state index in [1.54, 1.807) is 12.1 Å². The molecule has 3 nitrogen and oxygen atoms in total. The fourth-order valence-corrected chi connectivity index (χ4v) is 3.03. The Bertz CT molecular complexity index is 812. The van der Waals surface area contributed by atoms with Crippen LogP contribution >= 0.6 is 0 Å². The van der Waals surface area contributed by atoms with Crippen LogP contribution in [-0.4, -0.2) is 24.2 Å². The fraction of sp³-hybridized carbons (Fsp3) is 0.333. The van der Waals surface area contributed by atoms with E-state index in [1.807, 2.05) is 18.2 Å². The first-order valence-electron chi connectivity index (χ1n) is 7.63. The number of alkyl halides is 3. The van der Waals surface area contributed by atoms with E-state index in [0.29, 0.717) is 17.5 Å². The largest absolute Gasteiger partial charge is 0.465 e. The van der Waals surface area contributed by atoms with Gasteiger partial charge in [-0.15, -0.1) is 0 Å².